The van der Waals surface area contributed by atoms with Gasteiger partial charge in [0.2, 0.25) is 0 Å². The number of rotatable bonds is 19. The van der Waals surface area contributed by atoms with E-state index in [0.717, 1.165) is 12.8 Å². The van der Waals surface area contributed by atoms with Gasteiger partial charge >= 0.3 is 5.97 Å². The SMILES string of the molecule is CCCCCCCCCCCCOCCOCC(CC(=O)O)S(=O)(=O)O. The maximum Gasteiger partial charge on any atom is 0.304 e. The Balaban J connectivity index is 3.41. The molecule has 7 nitrogen and oxygen atoms in total. The number of carboxylic acids is 1. The fraction of sp³-hybridized carbons (Fsp3) is 0.944. The number of carboxylic acid groups (broad SMARTS) is 1. The van der Waals surface area contributed by atoms with Gasteiger partial charge in [-0.05, 0) is 6.42 Å². The molecule has 0 aliphatic heterocycles. The second kappa shape index (κ2) is 16.5. The summed E-state index contributed by atoms with van der Waals surface area (Å²) in [6.45, 7) is 3.00. The minimum atomic E-state index is -4.43. The van der Waals surface area contributed by atoms with Gasteiger partial charge in [-0.15, -0.1) is 0 Å². The first-order valence-electron chi connectivity index (χ1n) is 9.71. The van der Waals surface area contributed by atoms with Crippen molar-refractivity contribution >= 4 is 16.1 Å². The summed E-state index contributed by atoms with van der Waals surface area (Å²) in [4.78, 5) is 10.6. The molecular formula is C18H36O7S. The van der Waals surface area contributed by atoms with Crippen molar-refractivity contribution in [2.75, 3.05) is 26.4 Å². The van der Waals surface area contributed by atoms with E-state index in [2.05, 4.69) is 6.92 Å². The van der Waals surface area contributed by atoms with Crippen LogP contribution in [-0.4, -0.2) is 55.7 Å². The number of carbonyl (C=O) groups is 1. The van der Waals surface area contributed by atoms with E-state index in [9.17, 15) is 13.2 Å². The molecule has 156 valence electrons. The Morgan fingerprint density at radius 2 is 1.35 bits per heavy atom. The molecule has 0 aliphatic rings. The van der Waals surface area contributed by atoms with Gasteiger partial charge in [-0.1, -0.05) is 64.7 Å². The highest BCUT2D eigenvalue weighted by atomic mass is 32.2. The van der Waals surface area contributed by atoms with Crippen LogP contribution in [0.1, 0.15) is 77.6 Å². The second-order valence-corrected chi connectivity index (χ2v) is 8.30. The molecule has 0 aromatic heterocycles. The lowest BCUT2D eigenvalue weighted by molar-refractivity contribution is -0.137. The third-order valence-electron chi connectivity index (χ3n) is 4.14. The van der Waals surface area contributed by atoms with Gasteiger partial charge in [-0.25, -0.2) is 0 Å². The molecule has 0 spiro atoms. The van der Waals surface area contributed by atoms with E-state index in [1.807, 2.05) is 0 Å². The van der Waals surface area contributed by atoms with Crippen LogP contribution in [-0.2, 0) is 24.4 Å². The van der Waals surface area contributed by atoms with E-state index in [0.29, 0.717) is 13.2 Å². The zero-order valence-electron chi connectivity index (χ0n) is 16.0. The Morgan fingerprint density at radius 3 is 1.85 bits per heavy atom. The molecule has 0 aromatic rings. The van der Waals surface area contributed by atoms with Gasteiger partial charge in [0.25, 0.3) is 10.1 Å². The highest BCUT2D eigenvalue weighted by Crippen LogP contribution is 2.10. The lowest BCUT2D eigenvalue weighted by Crippen LogP contribution is -2.29. The van der Waals surface area contributed by atoms with Crippen LogP contribution in [0, 0.1) is 0 Å². The summed E-state index contributed by atoms with van der Waals surface area (Å²) in [5.41, 5.74) is 0. The van der Waals surface area contributed by atoms with Gasteiger partial charge in [0.1, 0.15) is 5.25 Å². The van der Waals surface area contributed by atoms with E-state index < -0.39 is 27.8 Å². The van der Waals surface area contributed by atoms with Crippen molar-refractivity contribution in [3.8, 4) is 0 Å². The van der Waals surface area contributed by atoms with E-state index in [1.54, 1.807) is 0 Å². The first-order valence-corrected chi connectivity index (χ1v) is 11.2. The van der Waals surface area contributed by atoms with Crippen molar-refractivity contribution in [3.63, 3.8) is 0 Å². The van der Waals surface area contributed by atoms with E-state index in [1.165, 1.54) is 51.4 Å². The fourth-order valence-electron chi connectivity index (χ4n) is 2.57. The third kappa shape index (κ3) is 16.8. The van der Waals surface area contributed by atoms with Crippen LogP contribution in [0.5, 0.6) is 0 Å². The molecule has 2 N–H and O–H groups in total. The molecule has 26 heavy (non-hydrogen) atoms. The molecule has 0 amide bonds. The summed E-state index contributed by atoms with van der Waals surface area (Å²) in [6.07, 6.45) is 11.9. The molecule has 0 heterocycles. The lowest BCUT2D eigenvalue weighted by Gasteiger charge is -2.12. The molecule has 0 saturated heterocycles. The molecule has 1 unspecified atom stereocenters. The Kier molecular flexibility index (Phi) is 16.0. The van der Waals surface area contributed by atoms with Gasteiger partial charge in [0.05, 0.1) is 26.2 Å². The van der Waals surface area contributed by atoms with Crippen LogP contribution in [0.4, 0.5) is 0 Å². The summed E-state index contributed by atoms with van der Waals surface area (Å²) in [7, 11) is -4.43. The second-order valence-electron chi connectivity index (χ2n) is 6.60. The predicted octanol–water partition coefficient (Wildman–Crippen LogP) is 3.67. The van der Waals surface area contributed by atoms with Crippen LogP contribution in [0.3, 0.4) is 0 Å². The van der Waals surface area contributed by atoms with Crippen LogP contribution in [0.2, 0.25) is 0 Å². The smallest absolute Gasteiger partial charge is 0.304 e. The van der Waals surface area contributed by atoms with E-state index >= 15 is 0 Å². The monoisotopic (exact) mass is 396 g/mol. The molecule has 1 atom stereocenters. The zero-order chi connectivity index (χ0) is 19.7. The van der Waals surface area contributed by atoms with Crippen LogP contribution < -0.4 is 0 Å². The zero-order valence-corrected chi connectivity index (χ0v) is 16.8. The molecule has 0 bridgehead atoms. The van der Waals surface area contributed by atoms with Crippen molar-refractivity contribution in [2.24, 2.45) is 0 Å². The maximum atomic E-state index is 11.0. The Bertz CT molecular complexity index is 437. The molecule has 0 fully saturated rings. The predicted molar refractivity (Wildman–Crippen MR) is 101 cm³/mol. The van der Waals surface area contributed by atoms with Crippen molar-refractivity contribution < 1.29 is 32.3 Å². The van der Waals surface area contributed by atoms with Crippen molar-refractivity contribution in [1.29, 1.82) is 0 Å². The number of ether oxygens (including phenoxy) is 2. The largest absolute Gasteiger partial charge is 0.481 e. The van der Waals surface area contributed by atoms with Gasteiger partial charge in [-0.2, -0.15) is 8.42 Å². The average molecular weight is 397 g/mol. The molecule has 8 heteroatoms. The lowest BCUT2D eigenvalue weighted by atomic mass is 10.1. The van der Waals surface area contributed by atoms with Crippen LogP contribution in [0.15, 0.2) is 0 Å². The summed E-state index contributed by atoms with van der Waals surface area (Å²) in [5, 5.41) is 7.17. The summed E-state index contributed by atoms with van der Waals surface area (Å²) in [6, 6.07) is 0. The molecule has 0 rings (SSSR count). The molecule has 0 aliphatic carbocycles. The standard InChI is InChI=1S/C18H36O7S/c1-2-3-4-5-6-7-8-9-10-11-12-24-13-14-25-16-17(15-18(19)20)26(21,22)23/h17H,2-16H2,1H3,(H,19,20)(H,21,22,23). The quantitative estimate of drug-likeness (QED) is 0.253. The van der Waals surface area contributed by atoms with E-state index in [4.69, 9.17) is 19.1 Å². The molecule has 0 saturated carbocycles. The topological polar surface area (TPSA) is 110 Å². The molecule has 0 radical (unpaired) electrons. The third-order valence-corrected chi connectivity index (χ3v) is 5.29. The Morgan fingerprint density at radius 1 is 0.846 bits per heavy atom. The van der Waals surface area contributed by atoms with Crippen LogP contribution >= 0.6 is 0 Å². The van der Waals surface area contributed by atoms with Crippen molar-refractivity contribution in [1.82, 2.24) is 0 Å². The normalized spacial score (nSPS) is 13.0. The number of aliphatic carboxylic acids is 1. The highest BCUT2D eigenvalue weighted by molar-refractivity contribution is 7.86. The first kappa shape index (κ1) is 25.3. The fourth-order valence-corrected chi connectivity index (χ4v) is 3.19. The Hall–Kier alpha value is -0.700. The number of unbranched alkanes of at least 4 members (excludes halogenated alkanes) is 9. The summed E-state index contributed by atoms with van der Waals surface area (Å²) >= 11 is 0. The van der Waals surface area contributed by atoms with Crippen molar-refractivity contribution in [2.45, 2.75) is 82.8 Å². The van der Waals surface area contributed by atoms with Gasteiger partial charge in [-0.3, -0.25) is 9.35 Å². The van der Waals surface area contributed by atoms with Gasteiger partial charge in [0, 0.05) is 6.61 Å². The highest BCUT2D eigenvalue weighted by Gasteiger charge is 2.26. The molecule has 0 aromatic carbocycles. The van der Waals surface area contributed by atoms with E-state index in [-0.39, 0.29) is 13.2 Å². The summed E-state index contributed by atoms with van der Waals surface area (Å²) in [5.74, 6) is -1.30. The van der Waals surface area contributed by atoms with Gasteiger partial charge < -0.3 is 14.6 Å². The first-order chi connectivity index (χ1) is 12.4. The molecular weight excluding hydrogens is 360 g/mol. The minimum Gasteiger partial charge on any atom is -0.481 e. The van der Waals surface area contributed by atoms with Gasteiger partial charge in [0.15, 0.2) is 0 Å². The number of hydrogen-bond donors (Lipinski definition) is 2. The van der Waals surface area contributed by atoms with Crippen molar-refractivity contribution in [3.05, 3.63) is 0 Å². The van der Waals surface area contributed by atoms with Crippen LogP contribution in [0.25, 0.3) is 0 Å². The summed E-state index contributed by atoms with van der Waals surface area (Å²) < 4.78 is 41.5. The average Bonchev–Trinajstić information content (AvgIpc) is 2.56. The Labute approximate surface area is 158 Å². The number of hydrogen-bond acceptors (Lipinski definition) is 5. The minimum absolute atomic E-state index is 0.170. The maximum absolute atomic E-state index is 11.0.